The van der Waals surface area contributed by atoms with Crippen molar-refractivity contribution in [2.75, 3.05) is 13.7 Å². The third-order valence-electron chi connectivity index (χ3n) is 4.50. The van der Waals surface area contributed by atoms with Crippen LogP contribution in [0.5, 0.6) is 0 Å². The van der Waals surface area contributed by atoms with Gasteiger partial charge in [-0.05, 0) is 38.0 Å². The van der Waals surface area contributed by atoms with E-state index in [0.717, 1.165) is 51.4 Å². The molecule has 2 unspecified atom stereocenters. The maximum atomic E-state index is 11.8. The number of rotatable bonds is 15. The first-order valence-corrected chi connectivity index (χ1v) is 8.99. The topological polar surface area (TPSA) is 46.5 Å². The summed E-state index contributed by atoms with van der Waals surface area (Å²) in [4.78, 5) is 11.8. The van der Waals surface area contributed by atoms with Gasteiger partial charge in [-0.25, -0.2) is 0 Å². The largest absolute Gasteiger partial charge is 0.469 e. The molecule has 22 heavy (non-hydrogen) atoms. The van der Waals surface area contributed by atoms with Gasteiger partial charge in [-0.15, -0.1) is 6.58 Å². The number of carbonyl (C=O) groups is 1. The van der Waals surface area contributed by atoms with Crippen molar-refractivity contribution in [2.24, 2.45) is 11.8 Å². The van der Waals surface area contributed by atoms with E-state index in [1.807, 2.05) is 6.08 Å². The lowest BCUT2D eigenvalue weighted by Gasteiger charge is -2.15. The number of hydrogen-bond donors (Lipinski definition) is 1. The van der Waals surface area contributed by atoms with Gasteiger partial charge in [0.2, 0.25) is 0 Å². The molecule has 0 aromatic rings. The zero-order chi connectivity index (χ0) is 16.6. The Labute approximate surface area is 137 Å². The van der Waals surface area contributed by atoms with Gasteiger partial charge < -0.3 is 9.84 Å². The Kier molecular flexibility index (Phi) is 14.5. The normalized spacial score (nSPS) is 13.6. The molecule has 0 rings (SSSR count). The molecule has 0 radical (unpaired) electrons. The summed E-state index contributed by atoms with van der Waals surface area (Å²) in [5.74, 6) is 0.417. The van der Waals surface area contributed by atoms with E-state index in [1.165, 1.54) is 26.4 Å². The first-order valence-electron chi connectivity index (χ1n) is 8.99. The molecule has 2 atom stereocenters. The van der Waals surface area contributed by atoms with Gasteiger partial charge >= 0.3 is 5.97 Å². The maximum absolute atomic E-state index is 11.8. The molecule has 0 fully saturated rings. The van der Waals surface area contributed by atoms with E-state index in [-0.39, 0.29) is 18.5 Å². The SMILES string of the molecule is C=CCCCCCCC(CCCCC(CC)CO)C(=O)OC. The van der Waals surface area contributed by atoms with E-state index < -0.39 is 0 Å². The van der Waals surface area contributed by atoms with Crippen molar-refractivity contribution in [3.8, 4) is 0 Å². The van der Waals surface area contributed by atoms with Gasteiger partial charge in [0, 0.05) is 6.61 Å². The highest BCUT2D eigenvalue weighted by Gasteiger charge is 2.18. The van der Waals surface area contributed by atoms with Crippen LogP contribution in [0.2, 0.25) is 0 Å². The number of esters is 1. The predicted molar refractivity (Wildman–Crippen MR) is 92.7 cm³/mol. The minimum Gasteiger partial charge on any atom is -0.469 e. The van der Waals surface area contributed by atoms with Crippen LogP contribution in [0.15, 0.2) is 12.7 Å². The highest BCUT2D eigenvalue weighted by Crippen LogP contribution is 2.21. The summed E-state index contributed by atoms with van der Waals surface area (Å²) in [7, 11) is 1.48. The Bertz CT molecular complexity index is 272. The highest BCUT2D eigenvalue weighted by atomic mass is 16.5. The molecule has 0 aliphatic rings. The number of aliphatic hydroxyl groups excluding tert-OH is 1. The van der Waals surface area contributed by atoms with Crippen molar-refractivity contribution in [3.63, 3.8) is 0 Å². The summed E-state index contributed by atoms with van der Waals surface area (Å²) in [6.45, 7) is 6.13. The fraction of sp³-hybridized carbons (Fsp3) is 0.842. The minimum atomic E-state index is -0.0553. The second kappa shape index (κ2) is 15.1. The number of hydrogen-bond acceptors (Lipinski definition) is 3. The summed E-state index contributed by atoms with van der Waals surface area (Å²) in [6.07, 6.45) is 13.8. The lowest BCUT2D eigenvalue weighted by Crippen LogP contribution is -2.16. The third-order valence-corrected chi connectivity index (χ3v) is 4.50. The van der Waals surface area contributed by atoms with Crippen molar-refractivity contribution in [3.05, 3.63) is 12.7 Å². The number of unbranched alkanes of at least 4 members (excludes halogenated alkanes) is 5. The Balaban J connectivity index is 3.88. The van der Waals surface area contributed by atoms with E-state index in [2.05, 4.69) is 13.5 Å². The molecule has 0 saturated heterocycles. The fourth-order valence-corrected chi connectivity index (χ4v) is 2.83. The molecular formula is C19H36O3. The standard InChI is InChI=1S/C19H36O3/c1-4-6-7-8-9-10-14-18(19(21)22-3)15-12-11-13-17(5-2)16-20/h4,17-18,20H,1,5-16H2,2-3H3. The monoisotopic (exact) mass is 312 g/mol. The number of allylic oxidation sites excluding steroid dienone is 1. The van der Waals surface area contributed by atoms with Crippen LogP contribution in [0, 0.1) is 11.8 Å². The zero-order valence-electron chi connectivity index (χ0n) is 14.7. The van der Waals surface area contributed by atoms with Crippen molar-refractivity contribution in [2.45, 2.75) is 77.6 Å². The number of ether oxygens (including phenoxy) is 1. The molecule has 3 heteroatoms. The van der Waals surface area contributed by atoms with Crippen LogP contribution in [0.1, 0.15) is 77.6 Å². The molecule has 0 heterocycles. The van der Waals surface area contributed by atoms with E-state index >= 15 is 0 Å². The summed E-state index contributed by atoms with van der Waals surface area (Å²) >= 11 is 0. The van der Waals surface area contributed by atoms with Crippen LogP contribution in [0.4, 0.5) is 0 Å². The molecule has 0 spiro atoms. The minimum absolute atomic E-state index is 0.0543. The van der Waals surface area contributed by atoms with Gasteiger partial charge in [0.1, 0.15) is 0 Å². The Morgan fingerprint density at radius 3 is 2.23 bits per heavy atom. The quantitative estimate of drug-likeness (QED) is 0.266. The van der Waals surface area contributed by atoms with E-state index in [1.54, 1.807) is 0 Å². The van der Waals surface area contributed by atoms with Gasteiger partial charge in [0.05, 0.1) is 13.0 Å². The summed E-state index contributed by atoms with van der Waals surface area (Å²) < 4.78 is 4.94. The molecule has 0 amide bonds. The first-order chi connectivity index (χ1) is 10.7. The average Bonchev–Trinajstić information content (AvgIpc) is 2.55. The van der Waals surface area contributed by atoms with E-state index in [9.17, 15) is 9.90 Å². The molecule has 0 aromatic heterocycles. The second-order valence-electron chi connectivity index (χ2n) is 6.24. The molecule has 0 aliphatic carbocycles. The van der Waals surface area contributed by atoms with Crippen molar-refractivity contribution >= 4 is 5.97 Å². The van der Waals surface area contributed by atoms with E-state index in [0.29, 0.717) is 5.92 Å². The number of methoxy groups -OCH3 is 1. The van der Waals surface area contributed by atoms with Crippen LogP contribution in [-0.2, 0) is 9.53 Å². The molecule has 0 saturated carbocycles. The lowest BCUT2D eigenvalue weighted by molar-refractivity contribution is -0.146. The Morgan fingerprint density at radius 1 is 1.09 bits per heavy atom. The zero-order valence-corrected chi connectivity index (χ0v) is 14.7. The number of carbonyl (C=O) groups excluding carboxylic acids is 1. The van der Waals surface area contributed by atoms with Crippen LogP contribution in [0.3, 0.4) is 0 Å². The molecule has 0 bridgehead atoms. The van der Waals surface area contributed by atoms with Gasteiger partial charge in [0.25, 0.3) is 0 Å². The third kappa shape index (κ3) is 10.8. The first kappa shape index (κ1) is 21.2. The number of aliphatic hydroxyl groups is 1. The highest BCUT2D eigenvalue weighted by molar-refractivity contribution is 5.72. The second-order valence-corrected chi connectivity index (χ2v) is 6.24. The van der Waals surface area contributed by atoms with Crippen molar-refractivity contribution in [1.82, 2.24) is 0 Å². The smallest absolute Gasteiger partial charge is 0.308 e. The van der Waals surface area contributed by atoms with Gasteiger partial charge in [-0.3, -0.25) is 4.79 Å². The maximum Gasteiger partial charge on any atom is 0.308 e. The van der Waals surface area contributed by atoms with Crippen molar-refractivity contribution in [1.29, 1.82) is 0 Å². The fourth-order valence-electron chi connectivity index (χ4n) is 2.83. The van der Waals surface area contributed by atoms with Crippen LogP contribution >= 0.6 is 0 Å². The van der Waals surface area contributed by atoms with Gasteiger partial charge in [-0.2, -0.15) is 0 Å². The summed E-state index contributed by atoms with van der Waals surface area (Å²) in [6, 6.07) is 0. The summed E-state index contributed by atoms with van der Waals surface area (Å²) in [5.41, 5.74) is 0. The van der Waals surface area contributed by atoms with Crippen LogP contribution in [0.25, 0.3) is 0 Å². The van der Waals surface area contributed by atoms with Crippen LogP contribution < -0.4 is 0 Å². The predicted octanol–water partition coefficient (Wildman–Crippen LogP) is 4.88. The van der Waals surface area contributed by atoms with Gasteiger partial charge in [0.15, 0.2) is 0 Å². The molecule has 3 nitrogen and oxygen atoms in total. The molecule has 130 valence electrons. The average molecular weight is 312 g/mol. The van der Waals surface area contributed by atoms with Crippen molar-refractivity contribution < 1.29 is 14.6 Å². The molecular weight excluding hydrogens is 276 g/mol. The molecule has 1 N–H and O–H groups in total. The van der Waals surface area contributed by atoms with E-state index in [4.69, 9.17) is 4.74 Å². The van der Waals surface area contributed by atoms with Crippen LogP contribution in [-0.4, -0.2) is 24.8 Å². The Morgan fingerprint density at radius 2 is 1.68 bits per heavy atom. The molecule has 0 aliphatic heterocycles. The lowest BCUT2D eigenvalue weighted by atomic mass is 9.92. The van der Waals surface area contributed by atoms with Gasteiger partial charge in [-0.1, -0.05) is 51.5 Å². The summed E-state index contributed by atoms with van der Waals surface area (Å²) in [5, 5.41) is 9.19. The Hall–Kier alpha value is -0.830. The molecule has 0 aromatic carbocycles.